The van der Waals surface area contributed by atoms with Crippen LogP contribution in [0.4, 0.5) is 5.69 Å². The van der Waals surface area contributed by atoms with E-state index in [0.717, 1.165) is 17.3 Å². The van der Waals surface area contributed by atoms with Crippen LogP contribution in [0.25, 0.3) is 0 Å². The summed E-state index contributed by atoms with van der Waals surface area (Å²) in [6.07, 6.45) is 3.01. The highest BCUT2D eigenvalue weighted by Gasteiger charge is 2.34. The van der Waals surface area contributed by atoms with Gasteiger partial charge in [-0.3, -0.25) is 0 Å². The molecule has 0 bridgehead atoms. The molecule has 20 heavy (non-hydrogen) atoms. The minimum absolute atomic E-state index is 0.0142. The fraction of sp³-hybridized carbons (Fsp3) is 0.562. The number of anilines is 1. The lowest BCUT2D eigenvalue weighted by Crippen LogP contribution is -2.34. The minimum Gasteiger partial charge on any atom is -0.459 e. The van der Waals surface area contributed by atoms with E-state index in [1.165, 1.54) is 6.42 Å². The van der Waals surface area contributed by atoms with E-state index in [0.29, 0.717) is 17.2 Å². The number of esters is 1. The van der Waals surface area contributed by atoms with Gasteiger partial charge in [0.05, 0.1) is 11.3 Å². The highest BCUT2D eigenvalue weighted by molar-refractivity contribution is 9.10. The molecule has 0 aromatic heterocycles. The van der Waals surface area contributed by atoms with Crippen molar-refractivity contribution in [1.82, 2.24) is 0 Å². The molecule has 0 heterocycles. The summed E-state index contributed by atoms with van der Waals surface area (Å²) in [5, 5.41) is 0. The first-order valence-electron chi connectivity index (χ1n) is 7.03. The molecule has 4 heteroatoms. The van der Waals surface area contributed by atoms with Crippen LogP contribution in [0.15, 0.2) is 22.7 Å². The second-order valence-corrected chi connectivity index (χ2v) is 7.50. The van der Waals surface area contributed by atoms with Crippen LogP contribution in [0.3, 0.4) is 0 Å². The third-order valence-electron chi connectivity index (χ3n) is 3.89. The Morgan fingerprint density at radius 3 is 2.75 bits per heavy atom. The Bertz CT molecular complexity index is 513. The maximum atomic E-state index is 12.3. The van der Waals surface area contributed by atoms with Gasteiger partial charge in [-0.05, 0) is 58.7 Å². The van der Waals surface area contributed by atoms with E-state index in [4.69, 9.17) is 10.5 Å². The van der Waals surface area contributed by atoms with Crippen LogP contribution in [0.2, 0.25) is 0 Å². The fourth-order valence-corrected chi connectivity index (χ4v) is 3.64. The van der Waals surface area contributed by atoms with Crippen molar-refractivity contribution in [3.8, 4) is 0 Å². The topological polar surface area (TPSA) is 52.3 Å². The van der Waals surface area contributed by atoms with Gasteiger partial charge in [-0.2, -0.15) is 0 Å². The molecular formula is C16H22BrNO2. The molecule has 1 aromatic carbocycles. The van der Waals surface area contributed by atoms with Crippen molar-refractivity contribution in [2.24, 2.45) is 11.3 Å². The number of carbonyl (C=O) groups excluding carboxylic acids is 1. The van der Waals surface area contributed by atoms with Gasteiger partial charge in [-0.15, -0.1) is 0 Å². The lowest BCUT2D eigenvalue weighted by molar-refractivity contribution is -0.00705. The third-order valence-corrected chi connectivity index (χ3v) is 4.58. The van der Waals surface area contributed by atoms with Gasteiger partial charge >= 0.3 is 5.97 Å². The quantitative estimate of drug-likeness (QED) is 0.641. The molecule has 1 aromatic rings. The van der Waals surface area contributed by atoms with Crippen LogP contribution in [-0.4, -0.2) is 12.1 Å². The summed E-state index contributed by atoms with van der Waals surface area (Å²) in [5.74, 6) is 0.259. The second-order valence-electron chi connectivity index (χ2n) is 6.64. The van der Waals surface area contributed by atoms with Gasteiger partial charge in [0.15, 0.2) is 0 Å². The molecule has 2 rings (SSSR count). The number of halogens is 1. The molecule has 0 radical (unpaired) electrons. The van der Waals surface area contributed by atoms with E-state index in [1.807, 2.05) is 6.07 Å². The van der Waals surface area contributed by atoms with E-state index < -0.39 is 0 Å². The van der Waals surface area contributed by atoms with Crippen molar-refractivity contribution in [2.45, 2.75) is 46.1 Å². The van der Waals surface area contributed by atoms with Gasteiger partial charge < -0.3 is 10.5 Å². The van der Waals surface area contributed by atoms with Gasteiger partial charge in [-0.1, -0.05) is 26.8 Å². The smallest absolute Gasteiger partial charge is 0.340 e. The molecule has 1 fully saturated rings. The number of nitrogen functional groups attached to an aromatic ring is 1. The number of hydrogen-bond donors (Lipinski definition) is 1. The summed E-state index contributed by atoms with van der Waals surface area (Å²) >= 11 is 3.33. The summed E-state index contributed by atoms with van der Waals surface area (Å²) in [5.41, 5.74) is 7.03. The van der Waals surface area contributed by atoms with Gasteiger partial charge in [0, 0.05) is 4.47 Å². The summed E-state index contributed by atoms with van der Waals surface area (Å²) in [7, 11) is 0. The highest BCUT2D eigenvalue weighted by atomic mass is 79.9. The maximum Gasteiger partial charge on any atom is 0.340 e. The molecule has 1 saturated carbocycles. The molecule has 0 aliphatic heterocycles. The van der Waals surface area contributed by atoms with E-state index in [2.05, 4.69) is 36.7 Å². The van der Waals surface area contributed by atoms with Crippen LogP contribution in [0.5, 0.6) is 0 Å². The van der Waals surface area contributed by atoms with Gasteiger partial charge in [0.2, 0.25) is 0 Å². The van der Waals surface area contributed by atoms with Gasteiger partial charge in [0.1, 0.15) is 6.10 Å². The van der Waals surface area contributed by atoms with E-state index in [9.17, 15) is 4.79 Å². The fourth-order valence-electron chi connectivity index (χ4n) is 3.28. The molecule has 2 atom stereocenters. The summed E-state index contributed by atoms with van der Waals surface area (Å²) in [6.45, 7) is 6.68. The molecule has 0 spiro atoms. The van der Waals surface area contributed by atoms with Gasteiger partial charge in [-0.25, -0.2) is 4.79 Å². The number of benzene rings is 1. The third kappa shape index (κ3) is 3.54. The minimum atomic E-state index is -0.321. The van der Waals surface area contributed by atoms with Crippen molar-refractivity contribution in [3.05, 3.63) is 28.2 Å². The van der Waals surface area contributed by atoms with Crippen LogP contribution >= 0.6 is 15.9 Å². The number of para-hydroxylation sites is 1. The summed E-state index contributed by atoms with van der Waals surface area (Å²) in [4.78, 5) is 12.3. The number of ether oxygens (including phenoxy) is 1. The zero-order valence-corrected chi connectivity index (χ0v) is 13.9. The van der Waals surface area contributed by atoms with Crippen LogP contribution in [0, 0.1) is 11.3 Å². The number of hydrogen-bond acceptors (Lipinski definition) is 3. The molecule has 0 saturated heterocycles. The Labute approximate surface area is 129 Å². The first kappa shape index (κ1) is 15.4. The lowest BCUT2D eigenvalue weighted by atomic mass is 9.71. The normalized spacial score (nSPS) is 25.2. The number of rotatable bonds is 2. The standard InChI is InChI=1S/C16H22BrNO2/c1-10-7-11(9-16(2,3)8-10)20-15(19)12-5-4-6-13(17)14(12)18/h4-6,10-11H,7-9,18H2,1-3H3. The SMILES string of the molecule is CC1CC(OC(=O)c2cccc(Br)c2N)CC(C)(C)C1. The predicted molar refractivity (Wildman–Crippen MR) is 84.6 cm³/mol. The molecule has 2 N–H and O–H groups in total. The molecule has 110 valence electrons. The largest absolute Gasteiger partial charge is 0.459 e. The zero-order valence-electron chi connectivity index (χ0n) is 12.3. The molecule has 3 nitrogen and oxygen atoms in total. The first-order valence-corrected chi connectivity index (χ1v) is 7.83. The average Bonchev–Trinajstić information content (AvgIpc) is 2.29. The Kier molecular flexibility index (Phi) is 4.43. The van der Waals surface area contributed by atoms with Gasteiger partial charge in [0.25, 0.3) is 0 Å². The van der Waals surface area contributed by atoms with E-state index in [-0.39, 0.29) is 17.5 Å². The summed E-state index contributed by atoms with van der Waals surface area (Å²) < 4.78 is 6.41. The monoisotopic (exact) mass is 339 g/mol. The van der Waals surface area contributed by atoms with Crippen LogP contribution in [-0.2, 0) is 4.74 Å². The highest BCUT2D eigenvalue weighted by Crippen LogP contribution is 2.40. The van der Waals surface area contributed by atoms with Crippen molar-refractivity contribution in [1.29, 1.82) is 0 Å². The van der Waals surface area contributed by atoms with Crippen molar-refractivity contribution < 1.29 is 9.53 Å². The Hall–Kier alpha value is -1.03. The predicted octanol–water partition coefficient (Wildman–Crippen LogP) is 4.40. The molecule has 0 amide bonds. The lowest BCUT2D eigenvalue weighted by Gasteiger charge is -2.38. The van der Waals surface area contributed by atoms with E-state index >= 15 is 0 Å². The average molecular weight is 340 g/mol. The van der Waals surface area contributed by atoms with Crippen molar-refractivity contribution >= 4 is 27.6 Å². The second kappa shape index (κ2) is 5.76. The molecule has 1 aliphatic rings. The Morgan fingerprint density at radius 1 is 1.40 bits per heavy atom. The Balaban J connectivity index is 2.10. The van der Waals surface area contributed by atoms with E-state index in [1.54, 1.807) is 12.1 Å². The zero-order chi connectivity index (χ0) is 14.9. The summed E-state index contributed by atoms with van der Waals surface area (Å²) in [6, 6.07) is 5.32. The van der Waals surface area contributed by atoms with Crippen LogP contribution in [0.1, 0.15) is 50.4 Å². The van der Waals surface area contributed by atoms with Crippen molar-refractivity contribution in [2.75, 3.05) is 5.73 Å². The Morgan fingerprint density at radius 2 is 2.10 bits per heavy atom. The maximum absolute atomic E-state index is 12.3. The molecular weight excluding hydrogens is 318 g/mol. The van der Waals surface area contributed by atoms with Crippen LogP contribution < -0.4 is 5.73 Å². The number of carbonyl (C=O) groups is 1. The molecule has 2 unspecified atom stereocenters. The van der Waals surface area contributed by atoms with Crippen molar-refractivity contribution in [3.63, 3.8) is 0 Å². The first-order chi connectivity index (χ1) is 9.28. The number of nitrogens with two attached hydrogens (primary N) is 1. The molecule has 1 aliphatic carbocycles.